The molecule has 0 saturated heterocycles. The highest BCUT2D eigenvalue weighted by Crippen LogP contribution is 1.93. The molecule has 0 aliphatic rings. The second kappa shape index (κ2) is 3.89. The van der Waals surface area contributed by atoms with Crippen LogP contribution in [0.2, 0.25) is 0 Å². The fourth-order valence-electron chi connectivity index (χ4n) is 0.842. The van der Waals surface area contributed by atoms with Gasteiger partial charge in [0.1, 0.15) is 5.56 Å². The highest BCUT2D eigenvalue weighted by molar-refractivity contribution is 7.78. The lowest BCUT2D eigenvalue weighted by molar-refractivity contribution is 0.100. The van der Waals surface area contributed by atoms with Crippen molar-refractivity contribution >= 4 is 23.3 Å². The van der Waals surface area contributed by atoms with E-state index in [-0.39, 0.29) is 11.0 Å². The van der Waals surface area contributed by atoms with Crippen molar-refractivity contribution in [2.75, 3.05) is 0 Å². The summed E-state index contributed by atoms with van der Waals surface area (Å²) in [6.45, 7) is 1.72. The molecule has 4 nitrogen and oxygen atoms in total. The van der Waals surface area contributed by atoms with Gasteiger partial charge in [-0.05, 0) is 19.1 Å². The Morgan fingerprint density at radius 3 is 2.92 bits per heavy atom. The summed E-state index contributed by atoms with van der Waals surface area (Å²) in [5, 5.41) is 1.91. The third-order valence-corrected chi connectivity index (χ3v) is 1.53. The predicted molar refractivity (Wildman–Crippen MR) is 51.2 cm³/mol. The molecule has 1 aromatic heterocycles. The molecular weight excluding hydrogens is 188 g/mol. The number of aromatic nitrogens is 1. The fraction of sp³-hybridized carbons (Fsp3) is 0.125. The number of amides is 1. The topological polar surface area (TPSA) is 62.3 Å². The van der Waals surface area contributed by atoms with Crippen LogP contribution in [0, 0.1) is 6.92 Å². The maximum absolute atomic E-state index is 11.2. The number of isothiocyanates is 1. The first-order valence-corrected chi connectivity index (χ1v) is 3.87. The van der Waals surface area contributed by atoms with Crippen molar-refractivity contribution in [3.63, 3.8) is 0 Å². The number of hydrogen-bond acceptors (Lipinski definition) is 3. The quantitative estimate of drug-likeness (QED) is 0.534. The minimum Gasteiger partial charge on any atom is -0.364 e. The molecule has 0 aliphatic carbocycles. The van der Waals surface area contributed by atoms with Crippen molar-refractivity contribution in [1.82, 2.24) is 4.98 Å². The van der Waals surface area contributed by atoms with Gasteiger partial charge >= 0.3 is 0 Å². The maximum atomic E-state index is 11.2. The van der Waals surface area contributed by atoms with E-state index in [2.05, 4.69) is 22.2 Å². The maximum Gasteiger partial charge on any atom is 0.291 e. The summed E-state index contributed by atoms with van der Waals surface area (Å²) >= 11 is 4.25. The van der Waals surface area contributed by atoms with E-state index in [9.17, 15) is 9.59 Å². The number of carbonyl (C=O) groups excluding carboxylic acids is 1. The predicted octanol–water partition coefficient (Wildman–Crippen LogP) is 0.926. The first kappa shape index (κ1) is 9.51. The molecule has 0 radical (unpaired) electrons. The van der Waals surface area contributed by atoms with Gasteiger partial charge in [-0.1, -0.05) is 0 Å². The SMILES string of the molecule is Cc1cc(=O)c(C(=O)N=C=S)c[nH]1. The molecule has 0 saturated carbocycles. The summed E-state index contributed by atoms with van der Waals surface area (Å²) in [6, 6.07) is 1.33. The Bertz CT molecular complexity index is 444. The highest BCUT2D eigenvalue weighted by Gasteiger charge is 2.07. The van der Waals surface area contributed by atoms with E-state index in [4.69, 9.17) is 0 Å². The van der Waals surface area contributed by atoms with Crippen LogP contribution in [0.3, 0.4) is 0 Å². The Hall–Kier alpha value is -1.58. The number of pyridine rings is 1. The van der Waals surface area contributed by atoms with E-state index in [0.717, 1.165) is 0 Å². The van der Waals surface area contributed by atoms with Gasteiger partial charge in [-0.3, -0.25) is 9.59 Å². The number of thiocarbonyl (C=S) groups is 1. The number of hydrogen-bond donors (Lipinski definition) is 1. The van der Waals surface area contributed by atoms with Gasteiger partial charge in [0.25, 0.3) is 5.91 Å². The molecule has 0 atom stereocenters. The number of aromatic amines is 1. The lowest BCUT2D eigenvalue weighted by Crippen LogP contribution is -2.13. The lowest BCUT2D eigenvalue weighted by Gasteiger charge is -1.94. The standard InChI is InChI=1S/C8H6N2O2S/c1-5-2-7(11)6(3-9-5)8(12)10-4-13/h2-3H,1H3,(H,9,11). The van der Waals surface area contributed by atoms with Crippen LogP contribution >= 0.6 is 12.2 Å². The first-order valence-electron chi connectivity index (χ1n) is 3.46. The van der Waals surface area contributed by atoms with Gasteiger partial charge in [-0.15, -0.1) is 0 Å². The third-order valence-electron chi connectivity index (χ3n) is 1.43. The molecule has 66 valence electrons. The van der Waals surface area contributed by atoms with Crippen molar-refractivity contribution in [2.45, 2.75) is 6.92 Å². The molecule has 5 heteroatoms. The number of nitrogens with one attached hydrogen (secondary N) is 1. The average Bonchev–Trinajstić information content (AvgIpc) is 2.04. The van der Waals surface area contributed by atoms with E-state index in [0.29, 0.717) is 5.69 Å². The van der Waals surface area contributed by atoms with E-state index in [1.54, 1.807) is 6.92 Å². The monoisotopic (exact) mass is 194 g/mol. The van der Waals surface area contributed by atoms with Gasteiger partial charge < -0.3 is 4.98 Å². The second-order valence-corrected chi connectivity index (χ2v) is 2.58. The Kier molecular flexibility index (Phi) is 2.84. The van der Waals surface area contributed by atoms with Crippen molar-refractivity contribution in [1.29, 1.82) is 0 Å². The number of aliphatic imine (C=N–C) groups is 1. The molecule has 1 N–H and O–H groups in total. The summed E-state index contributed by atoms with van der Waals surface area (Å²) in [5.41, 5.74) is 0.297. The number of carbonyl (C=O) groups is 1. The molecule has 1 amide bonds. The highest BCUT2D eigenvalue weighted by atomic mass is 32.1. The zero-order valence-corrected chi connectivity index (χ0v) is 7.64. The lowest BCUT2D eigenvalue weighted by atomic mass is 10.2. The van der Waals surface area contributed by atoms with Crippen LogP contribution in [-0.2, 0) is 0 Å². The molecule has 13 heavy (non-hydrogen) atoms. The smallest absolute Gasteiger partial charge is 0.291 e. The molecule has 1 heterocycles. The van der Waals surface area contributed by atoms with Gasteiger partial charge in [-0.2, -0.15) is 4.99 Å². The minimum absolute atomic E-state index is 0.0250. The van der Waals surface area contributed by atoms with E-state index in [1.165, 1.54) is 12.3 Å². The van der Waals surface area contributed by atoms with Gasteiger partial charge in [0, 0.05) is 18.0 Å². The molecule has 0 spiro atoms. The minimum atomic E-state index is -0.670. The molecule has 0 unspecified atom stereocenters. The van der Waals surface area contributed by atoms with Gasteiger partial charge in [-0.25, -0.2) is 0 Å². The second-order valence-electron chi connectivity index (χ2n) is 2.40. The Morgan fingerprint density at radius 2 is 2.38 bits per heavy atom. The molecule has 0 fully saturated rings. The van der Waals surface area contributed by atoms with Crippen LogP contribution in [0.25, 0.3) is 0 Å². The van der Waals surface area contributed by atoms with Gasteiger partial charge in [0.05, 0.1) is 5.16 Å². The Labute approximate surface area is 79.3 Å². The van der Waals surface area contributed by atoms with Crippen LogP contribution in [0.4, 0.5) is 0 Å². The molecule has 1 rings (SSSR count). The zero-order valence-electron chi connectivity index (χ0n) is 6.83. The number of H-pyrrole nitrogens is 1. The van der Waals surface area contributed by atoms with Crippen LogP contribution in [0.15, 0.2) is 22.1 Å². The van der Waals surface area contributed by atoms with Crippen molar-refractivity contribution in [2.24, 2.45) is 4.99 Å². The normalized spacial score (nSPS) is 9.00. The van der Waals surface area contributed by atoms with Crippen molar-refractivity contribution < 1.29 is 4.79 Å². The molecule has 0 aliphatic heterocycles. The van der Waals surface area contributed by atoms with Crippen molar-refractivity contribution in [3.8, 4) is 0 Å². The summed E-state index contributed by atoms with van der Waals surface area (Å²) < 4.78 is 0. The fourth-order valence-corrected chi connectivity index (χ4v) is 0.925. The van der Waals surface area contributed by atoms with Crippen LogP contribution < -0.4 is 5.43 Å². The largest absolute Gasteiger partial charge is 0.364 e. The Balaban J connectivity index is 3.24. The number of aryl methyl sites for hydroxylation is 1. The number of rotatable bonds is 1. The molecular formula is C8H6N2O2S. The summed E-state index contributed by atoms with van der Waals surface area (Å²) in [5.74, 6) is -0.670. The van der Waals surface area contributed by atoms with E-state index >= 15 is 0 Å². The van der Waals surface area contributed by atoms with Crippen LogP contribution in [0.5, 0.6) is 0 Å². The average molecular weight is 194 g/mol. The summed E-state index contributed by atoms with van der Waals surface area (Å²) in [6.07, 6.45) is 1.32. The zero-order chi connectivity index (χ0) is 9.84. The van der Waals surface area contributed by atoms with Crippen LogP contribution in [-0.4, -0.2) is 16.1 Å². The van der Waals surface area contributed by atoms with E-state index in [1.807, 2.05) is 5.16 Å². The number of nitrogens with zero attached hydrogens (tertiary/aromatic N) is 1. The third kappa shape index (κ3) is 2.18. The molecule has 0 bridgehead atoms. The Morgan fingerprint density at radius 1 is 1.69 bits per heavy atom. The summed E-state index contributed by atoms with van der Waals surface area (Å²) in [7, 11) is 0. The molecule has 0 aromatic carbocycles. The first-order chi connectivity index (χ1) is 6.15. The molecule has 1 aromatic rings. The van der Waals surface area contributed by atoms with E-state index < -0.39 is 5.91 Å². The summed E-state index contributed by atoms with van der Waals surface area (Å²) in [4.78, 5) is 28.2. The van der Waals surface area contributed by atoms with Crippen LogP contribution in [0.1, 0.15) is 16.1 Å². The van der Waals surface area contributed by atoms with Gasteiger partial charge in [0.2, 0.25) is 0 Å². The van der Waals surface area contributed by atoms with Crippen molar-refractivity contribution in [3.05, 3.63) is 33.7 Å². The van der Waals surface area contributed by atoms with Gasteiger partial charge in [0.15, 0.2) is 5.43 Å².